The summed E-state index contributed by atoms with van der Waals surface area (Å²) >= 11 is 0. The lowest BCUT2D eigenvalue weighted by Crippen LogP contribution is -2.32. The quantitative estimate of drug-likeness (QED) is 0.797. The van der Waals surface area contributed by atoms with Gasteiger partial charge in [-0.15, -0.1) is 0 Å². The molecule has 1 saturated heterocycles. The van der Waals surface area contributed by atoms with Gasteiger partial charge in [0.25, 0.3) is 0 Å². The highest BCUT2D eigenvalue weighted by molar-refractivity contribution is 5.15. The average molecular weight is 281 g/mol. The first kappa shape index (κ1) is 14.3. The fourth-order valence-electron chi connectivity index (χ4n) is 3.00. The van der Waals surface area contributed by atoms with Crippen LogP contribution in [-0.4, -0.2) is 24.1 Å². The molecule has 0 N–H and O–H groups in total. The Bertz CT molecular complexity index is 526. The molecule has 2 aromatic carbocycles. The molecule has 0 spiro atoms. The van der Waals surface area contributed by atoms with Crippen LogP contribution in [0.2, 0.25) is 0 Å². The SMILES string of the molecule is c1ccc(COCC2CCCN2Cc2ccccc2)cc1. The van der Waals surface area contributed by atoms with E-state index in [-0.39, 0.29) is 0 Å². The Morgan fingerprint density at radius 2 is 1.57 bits per heavy atom. The van der Waals surface area contributed by atoms with Crippen molar-refractivity contribution in [2.45, 2.75) is 32.0 Å². The summed E-state index contributed by atoms with van der Waals surface area (Å²) in [6, 6.07) is 21.7. The average Bonchev–Trinajstić information content (AvgIpc) is 2.97. The maximum atomic E-state index is 5.93. The smallest absolute Gasteiger partial charge is 0.0717 e. The van der Waals surface area contributed by atoms with E-state index in [1.54, 1.807) is 0 Å². The van der Waals surface area contributed by atoms with E-state index in [2.05, 4.69) is 59.5 Å². The monoisotopic (exact) mass is 281 g/mol. The van der Waals surface area contributed by atoms with Gasteiger partial charge in [-0.05, 0) is 30.5 Å². The van der Waals surface area contributed by atoms with E-state index in [1.807, 2.05) is 6.07 Å². The molecule has 0 radical (unpaired) electrons. The van der Waals surface area contributed by atoms with E-state index in [9.17, 15) is 0 Å². The molecule has 1 heterocycles. The zero-order chi connectivity index (χ0) is 14.3. The Hall–Kier alpha value is -1.64. The van der Waals surface area contributed by atoms with Crippen LogP contribution in [0.1, 0.15) is 24.0 Å². The molecule has 2 nitrogen and oxygen atoms in total. The Morgan fingerprint density at radius 3 is 2.29 bits per heavy atom. The maximum absolute atomic E-state index is 5.93. The Balaban J connectivity index is 1.48. The van der Waals surface area contributed by atoms with Crippen molar-refractivity contribution in [2.24, 2.45) is 0 Å². The predicted octanol–water partition coefficient (Wildman–Crippen LogP) is 3.87. The lowest BCUT2D eigenvalue weighted by atomic mass is 10.2. The number of benzene rings is 2. The van der Waals surface area contributed by atoms with Crippen molar-refractivity contribution >= 4 is 0 Å². The summed E-state index contributed by atoms with van der Waals surface area (Å²) in [6.07, 6.45) is 2.54. The van der Waals surface area contributed by atoms with Crippen LogP contribution >= 0.6 is 0 Å². The van der Waals surface area contributed by atoms with Gasteiger partial charge in [0, 0.05) is 12.6 Å². The van der Waals surface area contributed by atoms with Crippen LogP contribution in [0.4, 0.5) is 0 Å². The van der Waals surface area contributed by atoms with Crippen LogP contribution in [0.15, 0.2) is 60.7 Å². The molecule has 1 aliphatic heterocycles. The predicted molar refractivity (Wildman–Crippen MR) is 86.0 cm³/mol. The summed E-state index contributed by atoms with van der Waals surface area (Å²) in [7, 11) is 0. The zero-order valence-corrected chi connectivity index (χ0v) is 12.4. The Morgan fingerprint density at radius 1 is 0.905 bits per heavy atom. The molecular formula is C19H23NO. The number of hydrogen-bond donors (Lipinski definition) is 0. The molecule has 21 heavy (non-hydrogen) atoms. The fraction of sp³-hybridized carbons (Fsp3) is 0.368. The van der Waals surface area contributed by atoms with Crippen molar-refractivity contribution in [2.75, 3.05) is 13.2 Å². The third-order valence-electron chi connectivity index (χ3n) is 4.15. The summed E-state index contributed by atoms with van der Waals surface area (Å²) in [4.78, 5) is 2.56. The second kappa shape index (κ2) is 7.39. The largest absolute Gasteiger partial charge is 0.375 e. The van der Waals surface area contributed by atoms with Gasteiger partial charge >= 0.3 is 0 Å². The molecule has 0 saturated carbocycles. The molecule has 3 rings (SSSR count). The van der Waals surface area contributed by atoms with E-state index in [1.165, 1.54) is 30.5 Å². The summed E-state index contributed by atoms with van der Waals surface area (Å²) in [6.45, 7) is 3.78. The van der Waals surface area contributed by atoms with Crippen molar-refractivity contribution in [3.8, 4) is 0 Å². The number of likely N-dealkylation sites (tertiary alicyclic amines) is 1. The van der Waals surface area contributed by atoms with Gasteiger partial charge in [0.15, 0.2) is 0 Å². The highest BCUT2D eigenvalue weighted by Gasteiger charge is 2.24. The number of hydrogen-bond acceptors (Lipinski definition) is 2. The van der Waals surface area contributed by atoms with Gasteiger partial charge in [0.2, 0.25) is 0 Å². The van der Waals surface area contributed by atoms with E-state index < -0.39 is 0 Å². The van der Waals surface area contributed by atoms with E-state index in [0.717, 1.165) is 19.8 Å². The molecule has 2 aromatic rings. The minimum Gasteiger partial charge on any atom is -0.375 e. The second-order valence-electron chi connectivity index (χ2n) is 5.75. The van der Waals surface area contributed by atoms with Crippen LogP contribution in [0, 0.1) is 0 Å². The van der Waals surface area contributed by atoms with Gasteiger partial charge in [0.05, 0.1) is 13.2 Å². The first-order chi connectivity index (χ1) is 10.4. The van der Waals surface area contributed by atoms with Gasteiger partial charge in [-0.1, -0.05) is 60.7 Å². The molecule has 1 unspecified atom stereocenters. The number of rotatable bonds is 6. The molecule has 0 aliphatic carbocycles. The number of ether oxygens (including phenoxy) is 1. The van der Waals surface area contributed by atoms with Crippen molar-refractivity contribution in [1.82, 2.24) is 4.90 Å². The Kier molecular flexibility index (Phi) is 5.03. The minimum absolute atomic E-state index is 0.564. The molecule has 0 aromatic heterocycles. The van der Waals surface area contributed by atoms with E-state index in [4.69, 9.17) is 4.74 Å². The van der Waals surface area contributed by atoms with Gasteiger partial charge in [-0.2, -0.15) is 0 Å². The molecule has 110 valence electrons. The lowest BCUT2D eigenvalue weighted by Gasteiger charge is -2.24. The van der Waals surface area contributed by atoms with Crippen molar-refractivity contribution in [1.29, 1.82) is 0 Å². The van der Waals surface area contributed by atoms with Gasteiger partial charge < -0.3 is 4.74 Å². The topological polar surface area (TPSA) is 12.5 Å². The molecule has 2 heteroatoms. The molecule has 0 amide bonds. The van der Waals surface area contributed by atoms with Gasteiger partial charge in [-0.25, -0.2) is 0 Å². The number of nitrogens with zero attached hydrogens (tertiary/aromatic N) is 1. The summed E-state index contributed by atoms with van der Waals surface area (Å²) in [5.41, 5.74) is 2.65. The van der Waals surface area contributed by atoms with E-state index in [0.29, 0.717) is 6.04 Å². The first-order valence-electron chi connectivity index (χ1n) is 7.81. The summed E-state index contributed by atoms with van der Waals surface area (Å²) in [5, 5.41) is 0. The molecule has 0 bridgehead atoms. The highest BCUT2D eigenvalue weighted by atomic mass is 16.5. The highest BCUT2D eigenvalue weighted by Crippen LogP contribution is 2.20. The molecular weight excluding hydrogens is 258 g/mol. The normalized spacial score (nSPS) is 19.0. The fourth-order valence-corrected chi connectivity index (χ4v) is 3.00. The lowest BCUT2D eigenvalue weighted by molar-refractivity contribution is 0.0643. The third-order valence-corrected chi connectivity index (χ3v) is 4.15. The van der Waals surface area contributed by atoms with Crippen molar-refractivity contribution in [3.63, 3.8) is 0 Å². The van der Waals surface area contributed by atoms with Crippen LogP contribution < -0.4 is 0 Å². The van der Waals surface area contributed by atoms with Gasteiger partial charge in [0.1, 0.15) is 0 Å². The minimum atomic E-state index is 0.564. The third kappa shape index (κ3) is 4.16. The van der Waals surface area contributed by atoms with Crippen LogP contribution in [0.3, 0.4) is 0 Å². The summed E-state index contributed by atoms with van der Waals surface area (Å²) in [5.74, 6) is 0. The van der Waals surface area contributed by atoms with Crippen LogP contribution in [-0.2, 0) is 17.9 Å². The molecule has 1 fully saturated rings. The maximum Gasteiger partial charge on any atom is 0.0717 e. The van der Waals surface area contributed by atoms with Crippen molar-refractivity contribution in [3.05, 3.63) is 71.8 Å². The first-order valence-corrected chi connectivity index (χ1v) is 7.81. The standard InChI is InChI=1S/C19H23NO/c1-3-8-17(9-4-1)14-20-13-7-12-19(20)16-21-15-18-10-5-2-6-11-18/h1-6,8-11,19H,7,12-16H2. The summed E-state index contributed by atoms with van der Waals surface area (Å²) < 4.78 is 5.93. The molecule has 1 aliphatic rings. The van der Waals surface area contributed by atoms with E-state index >= 15 is 0 Å². The Labute approximate surface area is 127 Å². The second-order valence-corrected chi connectivity index (χ2v) is 5.75. The van der Waals surface area contributed by atoms with Crippen LogP contribution in [0.25, 0.3) is 0 Å². The zero-order valence-electron chi connectivity index (χ0n) is 12.4. The van der Waals surface area contributed by atoms with Crippen LogP contribution in [0.5, 0.6) is 0 Å². The van der Waals surface area contributed by atoms with Crippen molar-refractivity contribution < 1.29 is 4.74 Å². The van der Waals surface area contributed by atoms with Gasteiger partial charge in [-0.3, -0.25) is 4.90 Å². The molecule has 1 atom stereocenters.